The molecule has 2 heterocycles. The van der Waals surface area contributed by atoms with Crippen molar-refractivity contribution < 1.29 is 4.74 Å². The minimum Gasteiger partial charge on any atom is -0.467 e. The van der Waals surface area contributed by atoms with Crippen LogP contribution in [0.1, 0.15) is 18.6 Å². The second-order valence-electron chi connectivity index (χ2n) is 5.35. The molecule has 5 nitrogen and oxygen atoms in total. The molecule has 1 saturated heterocycles. The molecule has 2 aromatic rings. The van der Waals surface area contributed by atoms with Gasteiger partial charge in [-0.3, -0.25) is 0 Å². The number of nitrogens with zero attached hydrogens (tertiary/aromatic N) is 4. The highest BCUT2D eigenvalue weighted by atomic mass is 32.1. The fraction of sp³-hybridized carbons (Fsp3) is 0.467. The SMILES string of the molecule is CC(Oc1nsnc1N1CCN(C)CC1)c1ccccc1. The van der Waals surface area contributed by atoms with E-state index in [1.54, 1.807) is 0 Å². The first kappa shape index (κ1) is 14.3. The molecule has 0 N–H and O–H groups in total. The number of anilines is 1. The summed E-state index contributed by atoms with van der Waals surface area (Å²) in [4.78, 5) is 4.58. The van der Waals surface area contributed by atoms with E-state index in [0.717, 1.165) is 37.6 Å². The normalized spacial score (nSPS) is 17.7. The molecule has 0 amide bonds. The molecule has 3 rings (SSSR count). The number of piperazine rings is 1. The summed E-state index contributed by atoms with van der Waals surface area (Å²) >= 11 is 1.22. The molecule has 21 heavy (non-hydrogen) atoms. The monoisotopic (exact) mass is 304 g/mol. The van der Waals surface area contributed by atoms with Gasteiger partial charge in [0.15, 0.2) is 0 Å². The average molecular weight is 304 g/mol. The van der Waals surface area contributed by atoms with E-state index in [2.05, 4.69) is 37.7 Å². The van der Waals surface area contributed by atoms with Gasteiger partial charge >= 0.3 is 0 Å². The molecule has 0 saturated carbocycles. The van der Waals surface area contributed by atoms with E-state index >= 15 is 0 Å². The standard InChI is InChI=1S/C15H20N4OS/c1-12(13-6-4-3-5-7-13)20-15-14(16-21-17-15)19-10-8-18(2)9-11-19/h3-7,12H,8-11H2,1-2H3. The maximum atomic E-state index is 6.03. The molecule has 1 fully saturated rings. The summed E-state index contributed by atoms with van der Waals surface area (Å²) in [6.45, 7) is 6.08. The Bertz CT molecular complexity index is 566. The summed E-state index contributed by atoms with van der Waals surface area (Å²) < 4.78 is 14.8. The predicted octanol–water partition coefficient (Wildman–Crippen LogP) is 2.43. The molecule has 1 unspecified atom stereocenters. The molecule has 1 aromatic carbocycles. The van der Waals surface area contributed by atoms with Crippen LogP contribution in [0.25, 0.3) is 0 Å². The van der Waals surface area contributed by atoms with Gasteiger partial charge in [-0.05, 0) is 19.5 Å². The van der Waals surface area contributed by atoms with E-state index in [9.17, 15) is 0 Å². The molecule has 1 aliphatic heterocycles. The van der Waals surface area contributed by atoms with Gasteiger partial charge in [0.05, 0.1) is 11.7 Å². The zero-order valence-electron chi connectivity index (χ0n) is 12.4. The Labute approximate surface area is 129 Å². The first-order valence-corrected chi connectivity index (χ1v) is 7.94. The average Bonchev–Trinajstić information content (AvgIpc) is 2.97. The summed E-state index contributed by atoms with van der Waals surface area (Å²) in [6.07, 6.45) is -0.0266. The predicted molar refractivity (Wildman–Crippen MR) is 85.1 cm³/mol. The van der Waals surface area contributed by atoms with Gasteiger partial charge in [0.2, 0.25) is 5.82 Å². The third-order valence-electron chi connectivity index (χ3n) is 3.80. The van der Waals surface area contributed by atoms with Gasteiger partial charge in [-0.25, -0.2) is 0 Å². The van der Waals surface area contributed by atoms with E-state index < -0.39 is 0 Å². The lowest BCUT2D eigenvalue weighted by Gasteiger charge is -2.32. The topological polar surface area (TPSA) is 41.5 Å². The van der Waals surface area contributed by atoms with Crippen LogP contribution in [-0.2, 0) is 0 Å². The molecule has 112 valence electrons. The lowest BCUT2D eigenvalue weighted by molar-refractivity contribution is 0.219. The Morgan fingerprint density at radius 1 is 1.10 bits per heavy atom. The Kier molecular flexibility index (Phi) is 4.36. The minimum absolute atomic E-state index is 0.0266. The first-order chi connectivity index (χ1) is 10.2. The lowest BCUT2D eigenvalue weighted by atomic mass is 10.1. The van der Waals surface area contributed by atoms with Gasteiger partial charge in [-0.1, -0.05) is 30.3 Å². The zero-order valence-corrected chi connectivity index (χ0v) is 13.2. The quantitative estimate of drug-likeness (QED) is 0.868. The van der Waals surface area contributed by atoms with E-state index in [4.69, 9.17) is 4.74 Å². The highest BCUT2D eigenvalue weighted by molar-refractivity contribution is 6.99. The van der Waals surface area contributed by atoms with Gasteiger partial charge in [0, 0.05) is 26.2 Å². The number of aromatic nitrogens is 2. The minimum atomic E-state index is -0.0266. The summed E-state index contributed by atoms with van der Waals surface area (Å²) in [7, 11) is 2.14. The maximum Gasteiger partial charge on any atom is 0.271 e. The van der Waals surface area contributed by atoms with Crippen LogP contribution in [0.5, 0.6) is 5.88 Å². The second-order valence-corrected chi connectivity index (χ2v) is 5.88. The number of hydrogen-bond acceptors (Lipinski definition) is 6. The lowest BCUT2D eigenvalue weighted by Crippen LogP contribution is -2.44. The van der Waals surface area contributed by atoms with Gasteiger partial charge in [0.1, 0.15) is 6.10 Å². The Morgan fingerprint density at radius 2 is 1.81 bits per heavy atom. The van der Waals surface area contributed by atoms with E-state index in [-0.39, 0.29) is 6.10 Å². The van der Waals surface area contributed by atoms with Crippen molar-refractivity contribution >= 4 is 17.5 Å². The summed E-state index contributed by atoms with van der Waals surface area (Å²) in [5, 5.41) is 0. The molecule has 0 spiro atoms. The largest absolute Gasteiger partial charge is 0.467 e. The number of ether oxygens (including phenoxy) is 1. The van der Waals surface area contributed by atoms with Crippen LogP contribution in [0.4, 0.5) is 5.82 Å². The Hall–Kier alpha value is -1.66. The molecule has 1 aromatic heterocycles. The van der Waals surface area contributed by atoms with Crippen LogP contribution >= 0.6 is 11.7 Å². The van der Waals surface area contributed by atoms with E-state index in [1.807, 2.05) is 25.1 Å². The second kappa shape index (κ2) is 6.41. The molecule has 0 aliphatic carbocycles. The van der Waals surface area contributed by atoms with Crippen molar-refractivity contribution in [3.8, 4) is 5.88 Å². The van der Waals surface area contributed by atoms with Crippen molar-refractivity contribution in [3.63, 3.8) is 0 Å². The molecule has 1 aliphatic rings. The third kappa shape index (κ3) is 3.33. The number of benzene rings is 1. The molecule has 6 heteroatoms. The van der Waals surface area contributed by atoms with E-state index in [1.165, 1.54) is 11.7 Å². The number of likely N-dealkylation sites (N-methyl/N-ethyl adjacent to an activating group) is 1. The van der Waals surface area contributed by atoms with Crippen LogP contribution < -0.4 is 9.64 Å². The van der Waals surface area contributed by atoms with Crippen molar-refractivity contribution in [2.75, 3.05) is 38.1 Å². The summed E-state index contributed by atoms with van der Waals surface area (Å²) in [5.74, 6) is 1.54. The smallest absolute Gasteiger partial charge is 0.271 e. The maximum absolute atomic E-state index is 6.03. The van der Waals surface area contributed by atoms with Crippen molar-refractivity contribution in [2.45, 2.75) is 13.0 Å². The van der Waals surface area contributed by atoms with E-state index in [0.29, 0.717) is 5.88 Å². The summed E-state index contributed by atoms with van der Waals surface area (Å²) in [6, 6.07) is 10.2. The van der Waals surface area contributed by atoms with Crippen molar-refractivity contribution in [3.05, 3.63) is 35.9 Å². The van der Waals surface area contributed by atoms with Gasteiger partial charge < -0.3 is 14.5 Å². The highest BCUT2D eigenvalue weighted by Crippen LogP contribution is 2.30. The van der Waals surface area contributed by atoms with Crippen LogP contribution in [-0.4, -0.2) is 46.9 Å². The van der Waals surface area contributed by atoms with Crippen LogP contribution in [0.3, 0.4) is 0 Å². The van der Waals surface area contributed by atoms with Gasteiger partial charge in [-0.15, -0.1) is 4.37 Å². The van der Waals surface area contributed by atoms with Crippen molar-refractivity contribution in [1.29, 1.82) is 0 Å². The van der Waals surface area contributed by atoms with Gasteiger partial charge in [0.25, 0.3) is 5.88 Å². The molecular weight excluding hydrogens is 284 g/mol. The Morgan fingerprint density at radius 3 is 2.52 bits per heavy atom. The highest BCUT2D eigenvalue weighted by Gasteiger charge is 2.22. The zero-order chi connectivity index (χ0) is 14.7. The molecule has 1 atom stereocenters. The third-order valence-corrected chi connectivity index (χ3v) is 4.30. The molecular formula is C15H20N4OS. The van der Waals surface area contributed by atoms with Crippen LogP contribution in [0, 0.1) is 0 Å². The van der Waals surface area contributed by atoms with Crippen molar-refractivity contribution in [1.82, 2.24) is 13.6 Å². The summed E-state index contributed by atoms with van der Waals surface area (Å²) in [5.41, 5.74) is 1.15. The number of hydrogen-bond donors (Lipinski definition) is 0. The fourth-order valence-electron chi connectivity index (χ4n) is 2.42. The fourth-order valence-corrected chi connectivity index (χ4v) is 2.93. The van der Waals surface area contributed by atoms with Crippen molar-refractivity contribution in [2.24, 2.45) is 0 Å². The van der Waals surface area contributed by atoms with Crippen LogP contribution in [0.2, 0.25) is 0 Å². The Balaban J connectivity index is 1.71. The number of rotatable bonds is 4. The molecule has 0 bridgehead atoms. The van der Waals surface area contributed by atoms with Crippen LogP contribution in [0.15, 0.2) is 30.3 Å². The van der Waals surface area contributed by atoms with Gasteiger partial charge in [-0.2, -0.15) is 4.37 Å². The first-order valence-electron chi connectivity index (χ1n) is 7.21. The molecule has 0 radical (unpaired) electrons.